The van der Waals surface area contributed by atoms with Gasteiger partial charge in [-0.1, -0.05) is 13.8 Å². The van der Waals surface area contributed by atoms with Gasteiger partial charge in [-0.25, -0.2) is 4.79 Å². The second-order valence-electron chi connectivity index (χ2n) is 1.81. The van der Waals surface area contributed by atoms with Crippen LogP contribution in [0.5, 0.6) is 0 Å². The minimum absolute atomic E-state index is 0.111. The van der Waals surface area contributed by atoms with Gasteiger partial charge >= 0.3 is 5.97 Å². The normalized spacial score (nSPS) is 8.17. The van der Waals surface area contributed by atoms with Crippen LogP contribution in [-0.2, 0) is 0 Å². The Kier molecular flexibility index (Phi) is 4.45. The molecule has 0 aliphatic carbocycles. The molecule has 1 heterocycles. The molecular weight excluding hydrogens is 156 g/mol. The number of carboxylic acid groups (broad SMARTS) is 1. The SMILES string of the molecule is CC.Nc1cncc(C(=O)O)c1. The molecule has 0 radical (unpaired) electrons. The molecule has 0 aliphatic heterocycles. The Morgan fingerprint density at radius 3 is 2.42 bits per heavy atom. The van der Waals surface area contributed by atoms with E-state index in [1.165, 1.54) is 18.5 Å². The average molecular weight is 168 g/mol. The average Bonchev–Trinajstić information content (AvgIpc) is 2.08. The maximum absolute atomic E-state index is 10.3. The summed E-state index contributed by atoms with van der Waals surface area (Å²) < 4.78 is 0. The van der Waals surface area contributed by atoms with E-state index < -0.39 is 5.97 Å². The maximum Gasteiger partial charge on any atom is 0.337 e. The van der Waals surface area contributed by atoms with Crippen LogP contribution in [0, 0.1) is 0 Å². The second-order valence-corrected chi connectivity index (χ2v) is 1.81. The number of aromatic nitrogens is 1. The molecule has 1 aromatic rings. The Labute approximate surface area is 71.0 Å². The fraction of sp³-hybridized carbons (Fsp3) is 0.250. The number of rotatable bonds is 1. The zero-order valence-corrected chi connectivity index (χ0v) is 7.11. The summed E-state index contributed by atoms with van der Waals surface area (Å²) in [5, 5.41) is 8.41. The molecule has 0 fully saturated rings. The van der Waals surface area contributed by atoms with E-state index in [-0.39, 0.29) is 5.56 Å². The molecular formula is C8H12N2O2. The van der Waals surface area contributed by atoms with Gasteiger partial charge in [0.2, 0.25) is 0 Å². The highest BCUT2D eigenvalue weighted by Crippen LogP contribution is 2.02. The number of nitrogens with two attached hydrogens (primary N) is 1. The van der Waals surface area contributed by atoms with Gasteiger partial charge < -0.3 is 10.8 Å². The van der Waals surface area contributed by atoms with Crippen molar-refractivity contribution in [3.8, 4) is 0 Å². The van der Waals surface area contributed by atoms with Crippen molar-refractivity contribution in [2.45, 2.75) is 13.8 Å². The van der Waals surface area contributed by atoms with E-state index in [1.54, 1.807) is 0 Å². The molecule has 0 aliphatic rings. The number of nitrogens with zero attached hydrogens (tertiary/aromatic N) is 1. The minimum Gasteiger partial charge on any atom is -0.478 e. The summed E-state index contributed by atoms with van der Waals surface area (Å²) in [6.07, 6.45) is 2.64. The highest BCUT2D eigenvalue weighted by atomic mass is 16.4. The summed E-state index contributed by atoms with van der Waals surface area (Å²) in [7, 11) is 0. The summed E-state index contributed by atoms with van der Waals surface area (Å²) >= 11 is 0. The Morgan fingerprint density at radius 2 is 2.08 bits per heavy atom. The highest BCUT2D eigenvalue weighted by Gasteiger charge is 2.00. The summed E-state index contributed by atoms with van der Waals surface area (Å²) in [4.78, 5) is 13.9. The van der Waals surface area contributed by atoms with Crippen molar-refractivity contribution < 1.29 is 9.90 Å². The van der Waals surface area contributed by atoms with E-state index >= 15 is 0 Å². The maximum atomic E-state index is 10.3. The summed E-state index contributed by atoms with van der Waals surface area (Å²) in [5.74, 6) is -1.01. The third-order valence-electron chi connectivity index (χ3n) is 1.01. The molecule has 0 aromatic carbocycles. The summed E-state index contributed by atoms with van der Waals surface area (Å²) in [6.45, 7) is 4.00. The molecule has 0 spiro atoms. The van der Waals surface area contributed by atoms with E-state index in [9.17, 15) is 4.79 Å². The van der Waals surface area contributed by atoms with Gasteiger partial charge in [0.25, 0.3) is 0 Å². The monoisotopic (exact) mass is 168 g/mol. The van der Waals surface area contributed by atoms with Crippen LogP contribution in [0.3, 0.4) is 0 Å². The Balaban J connectivity index is 0.000000561. The first-order chi connectivity index (χ1) is 5.70. The van der Waals surface area contributed by atoms with Crippen molar-refractivity contribution in [1.82, 2.24) is 4.98 Å². The molecule has 0 atom stereocenters. The van der Waals surface area contributed by atoms with Crippen molar-refractivity contribution in [1.29, 1.82) is 0 Å². The van der Waals surface area contributed by atoms with Crippen molar-refractivity contribution in [3.63, 3.8) is 0 Å². The van der Waals surface area contributed by atoms with Gasteiger partial charge in [0.15, 0.2) is 0 Å². The van der Waals surface area contributed by atoms with Crippen LogP contribution < -0.4 is 5.73 Å². The van der Waals surface area contributed by atoms with Crippen molar-refractivity contribution in [3.05, 3.63) is 24.0 Å². The van der Waals surface area contributed by atoms with Crippen LogP contribution in [0.1, 0.15) is 24.2 Å². The number of hydrogen-bond donors (Lipinski definition) is 2. The van der Waals surface area contributed by atoms with E-state index in [4.69, 9.17) is 10.8 Å². The number of anilines is 1. The lowest BCUT2D eigenvalue weighted by atomic mass is 10.3. The third kappa shape index (κ3) is 3.01. The summed E-state index contributed by atoms with van der Waals surface area (Å²) in [6, 6.07) is 1.36. The first-order valence-electron chi connectivity index (χ1n) is 3.64. The molecule has 12 heavy (non-hydrogen) atoms. The van der Waals surface area contributed by atoms with Crippen molar-refractivity contribution in [2.75, 3.05) is 5.73 Å². The first-order valence-corrected chi connectivity index (χ1v) is 3.64. The Hall–Kier alpha value is -1.58. The van der Waals surface area contributed by atoms with Crippen LogP contribution in [0.2, 0.25) is 0 Å². The van der Waals surface area contributed by atoms with Gasteiger partial charge in [0.1, 0.15) is 0 Å². The molecule has 3 N–H and O–H groups in total. The third-order valence-corrected chi connectivity index (χ3v) is 1.01. The van der Waals surface area contributed by atoms with Crippen LogP contribution in [-0.4, -0.2) is 16.1 Å². The highest BCUT2D eigenvalue weighted by molar-refractivity contribution is 5.88. The zero-order chi connectivity index (χ0) is 9.56. The number of carbonyl (C=O) groups is 1. The number of pyridine rings is 1. The topological polar surface area (TPSA) is 76.2 Å². The van der Waals surface area contributed by atoms with Gasteiger partial charge in [-0.15, -0.1) is 0 Å². The second kappa shape index (κ2) is 5.12. The number of nitrogen functional groups attached to an aromatic ring is 1. The molecule has 0 amide bonds. The molecule has 0 saturated heterocycles. The molecule has 66 valence electrons. The number of carboxylic acids is 1. The molecule has 0 bridgehead atoms. The lowest BCUT2D eigenvalue weighted by Gasteiger charge is -1.92. The molecule has 0 saturated carbocycles. The van der Waals surface area contributed by atoms with E-state index in [1.807, 2.05) is 13.8 Å². The first kappa shape index (κ1) is 10.4. The summed E-state index contributed by atoms with van der Waals surface area (Å²) in [5.41, 5.74) is 5.74. The van der Waals surface area contributed by atoms with Crippen LogP contribution in [0.15, 0.2) is 18.5 Å². The molecule has 0 unspecified atom stereocenters. The molecule has 4 heteroatoms. The van der Waals surface area contributed by atoms with Gasteiger partial charge in [-0.3, -0.25) is 4.98 Å². The van der Waals surface area contributed by atoms with Crippen LogP contribution in [0.4, 0.5) is 5.69 Å². The number of hydrogen-bond acceptors (Lipinski definition) is 3. The minimum atomic E-state index is -1.01. The number of aromatic carboxylic acids is 1. The van der Waals surface area contributed by atoms with Gasteiger partial charge in [0.05, 0.1) is 11.3 Å². The fourth-order valence-electron chi connectivity index (χ4n) is 0.575. The predicted octanol–water partition coefficient (Wildman–Crippen LogP) is 1.39. The molecule has 1 aromatic heterocycles. The lowest BCUT2D eigenvalue weighted by molar-refractivity contribution is 0.0696. The quantitative estimate of drug-likeness (QED) is 0.664. The van der Waals surface area contributed by atoms with E-state index in [0.717, 1.165) is 0 Å². The van der Waals surface area contributed by atoms with Crippen LogP contribution in [0.25, 0.3) is 0 Å². The van der Waals surface area contributed by atoms with Crippen molar-refractivity contribution >= 4 is 11.7 Å². The smallest absolute Gasteiger partial charge is 0.337 e. The lowest BCUT2D eigenvalue weighted by Crippen LogP contribution is -1.98. The van der Waals surface area contributed by atoms with Gasteiger partial charge in [-0.2, -0.15) is 0 Å². The Bertz CT molecular complexity index is 261. The van der Waals surface area contributed by atoms with Crippen LogP contribution >= 0.6 is 0 Å². The standard InChI is InChI=1S/C6H6N2O2.C2H6/c7-5-1-4(6(9)10)2-8-3-5;1-2/h1-3H,7H2,(H,9,10);1-2H3. The fourth-order valence-corrected chi connectivity index (χ4v) is 0.575. The van der Waals surface area contributed by atoms with Gasteiger partial charge in [-0.05, 0) is 6.07 Å². The Morgan fingerprint density at radius 1 is 1.50 bits per heavy atom. The van der Waals surface area contributed by atoms with Gasteiger partial charge in [0, 0.05) is 12.4 Å². The molecule has 4 nitrogen and oxygen atoms in total. The zero-order valence-electron chi connectivity index (χ0n) is 7.11. The van der Waals surface area contributed by atoms with E-state index in [0.29, 0.717) is 5.69 Å². The van der Waals surface area contributed by atoms with Crippen molar-refractivity contribution in [2.24, 2.45) is 0 Å². The van der Waals surface area contributed by atoms with E-state index in [2.05, 4.69) is 4.98 Å². The molecule has 1 rings (SSSR count). The predicted molar refractivity (Wildman–Crippen MR) is 47.0 cm³/mol. The largest absolute Gasteiger partial charge is 0.478 e.